The van der Waals surface area contributed by atoms with E-state index in [1.807, 2.05) is 23.9 Å². The van der Waals surface area contributed by atoms with E-state index in [0.29, 0.717) is 0 Å². The summed E-state index contributed by atoms with van der Waals surface area (Å²) in [6, 6.07) is 10.4. The summed E-state index contributed by atoms with van der Waals surface area (Å²) in [7, 11) is 1.93. The molecule has 0 saturated carbocycles. The largest absolute Gasteiger partial charge is 0.314 e. The van der Waals surface area contributed by atoms with E-state index in [9.17, 15) is 0 Å². The van der Waals surface area contributed by atoms with Crippen LogP contribution < -0.4 is 5.32 Å². The molecule has 1 heterocycles. The first kappa shape index (κ1) is 12.3. The van der Waals surface area contributed by atoms with Gasteiger partial charge in [0.25, 0.3) is 0 Å². The van der Waals surface area contributed by atoms with Gasteiger partial charge in [-0.15, -0.1) is 0 Å². The molecule has 90 valence electrons. The Morgan fingerprint density at radius 2 is 2.12 bits per heavy atom. The summed E-state index contributed by atoms with van der Waals surface area (Å²) < 4.78 is 3.14. The molecule has 0 fully saturated rings. The van der Waals surface area contributed by atoms with Crippen LogP contribution in [-0.4, -0.2) is 16.8 Å². The van der Waals surface area contributed by atoms with Crippen LogP contribution in [0.25, 0.3) is 11.3 Å². The third-order valence-corrected chi connectivity index (χ3v) is 3.33. The molecule has 17 heavy (non-hydrogen) atoms. The minimum atomic E-state index is 0.796. The molecule has 0 aliphatic carbocycles. The molecule has 0 atom stereocenters. The van der Waals surface area contributed by atoms with Crippen LogP contribution in [-0.2, 0) is 13.1 Å². The molecule has 0 aliphatic heterocycles. The Balaban J connectivity index is 2.47. The van der Waals surface area contributed by atoms with Crippen molar-refractivity contribution in [1.29, 1.82) is 0 Å². The van der Waals surface area contributed by atoms with Crippen LogP contribution in [0.15, 0.2) is 34.8 Å². The minimum Gasteiger partial charge on any atom is -0.314 e. The average Bonchev–Trinajstić information content (AvgIpc) is 2.73. The van der Waals surface area contributed by atoms with Crippen LogP contribution >= 0.6 is 15.9 Å². The zero-order valence-electron chi connectivity index (χ0n) is 10.1. The monoisotopic (exact) mass is 293 g/mol. The van der Waals surface area contributed by atoms with E-state index in [4.69, 9.17) is 0 Å². The smallest absolute Gasteiger partial charge is 0.0768 e. The average molecular weight is 294 g/mol. The van der Waals surface area contributed by atoms with E-state index in [1.165, 1.54) is 5.56 Å². The van der Waals surface area contributed by atoms with Gasteiger partial charge in [-0.2, -0.15) is 5.10 Å². The molecule has 0 aliphatic rings. The molecule has 1 N–H and O–H groups in total. The SMILES string of the molecule is CCn1nc(CNC)cc1-c1ccccc1Br. The number of nitrogens with zero attached hydrogens (tertiary/aromatic N) is 2. The minimum absolute atomic E-state index is 0.796. The van der Waals surface area contributed by atoms with Gasteiger partial charge >= 0.3 is 0 Å². The summed E-state index contributed by atoms with van der Waals surface area (Å²) in [5, 5.41) is 7.70. The van der Waals surface area contributed by atoms with Crippen molar-refractivity contribution in [2.24, 2.45) is 0 Å². The third kappa shape index (κ3) is 2.58. The summed E-state index contributed by atoms with van der Waals surface area (Å²) in [5.74, 6) is 0. The van der Waals surface area contributed by atoms with Gasteiger partial charge in [-0.3, -0.25) is 4.68 Å². The number of nitrogens with one attached hydrogen (secondary N) is 1. The van der Waals surface area contributed by atoms with Crippen molar-refractivity contribution in [3.8, 4) is 11.3 Å². The molecule has 0 bridgehead atoms. The molecule has 0 unspecified atom stereocenters. The van der Waals surface area contributed by atoms with E-state index in [0.717, 1.165) is 29.0 Å². The molecule has 1 aromatic heterocycles. The van der Waals surface area contributed by atoms with E-state index in [2.05, 4.69) is 51.5 Å². The highest BCUT2D eigenvalue weighted by atomic mass is 79.9. The van der Waals surface area contributed by atoms with Crippen LogP contribution in [0, 0.1) is 0 Å². The summed E-state index contributed by atoms with van der Waals surface area (Å²) in [6.07, 6.45) is 0. The zero-order valence-corrected chi connectivity index (χ0v) is 11.7. The van der Waals surface area contributed by atoms with Crippen molar-refractivity contribution < 1.29 is 0 Å². The van der Waals surface area contributed by atoms with Crippen molar-refractivity contribution in [1.82, 2.24) is 15.1 Å². The predicted octanol–water partition coefficient (Wildman–Crippen LogP) is 3.05. The summed E-state index contributed by atoms with van der Waals surface area (Å²) in [5.41, 5.74) is 3.41. The first-order valence-electron chi connectivity index (χ1n) is 5.72. The highest BCUT2D eigenvalue weighted by Gasteiger charge is 2.10. The molecule has 0 spiro atoms. The maximum atomic E-state index is 4.57. The normalized spacial score (nSPS) is 10.8. The molecular formula is C13H16BrN3. The Morgan fingerprint density at radius 1 is 1.35 bits per heavy atom. The van der Waals surface area contributed by atoms with Gasteiger partial charge in [0, 0.05) is 23.1 Å². The van der Waals surface area contributed by atoms with Crippen LogP contribution in [0.5, 0.6) is 0 Å². The first-order chi connectivity index (χ1) is 8.26. The van der Waals surface area contributed by atoms with Gasteiger partial charge < -0.3 is 5.32 Å². The second kappa shape index (κ2) is 5.47. The lowest BCUT2D eigenvalue weighted by Crippen LogP contribution is -2.06. The molecular weight excluding hydrogens is 278 g/mol. The fraction of sp³-hybridized carbons (Fsp3) is 0.308. The highest BCUT2D eigenvalue weighted by molar-refractivity contribution is 9.10. The molecule has 1 aromatic carbocycles. The van der Waals surface area contributed by atoms with E-state index >= 15 is 0 Å². The fourth-order valence-corrected chi connectivity index (χ4v) is 2.35. The maximum Gasteiger partial charge on any atom is 0.0768 e. The summed E-state index contributed by atoms with van der Waals surface area (Å²) in [6.45, 7) is 3.78. The Labute approximate surface area is 110 Å². The van der Waals surface area contributed by atoms with E-state index in [-0.39, 0.29) is 0 Å². The number of rotatable bonds is 4. The number of hydrogen-bond acceptors (Lipinski definition) is 2. The Morgan fingerprint density at radius 3 is 2.76 bits per heavy atom. The number of aryl methyl sites for hydroxylation is 1. The van der Waals surface area contributed by atoms with Gasteiger partial charge in [0.15, 0.2) is 0 Å². The van der Waals surface area contributed by atoms with Gasteiger partial charge in [0.2, 0.25) is 0 Å². The first-order valence-corrected chi connectivity index (χ1v) is 6.51. The highest BCUT2D eigenvalue weighted by Crippen LogP contribution is 2.28. The van der Waals surface area contributed by atoms with Crippen LogP contribution in [0.4, 0.5) is 0 Å². The number of benzene rings is 1. The van der Waals surface area contributed by atoms with Crippen molar-refractivity contribution in [2.75, 3.05) is 7.05 Å². The maximum absolute atomic E-state index is 4.57. The Hall–Kier alpha value is -1.13. The number of hydrogen-bond donors (Lipinski definition) is 1. The lowest BCUT2D eigenvalue weighted by molar-refractivity contribution is 0.643. The molecule has 2 aromatic rings. The molecule has 2 rings (SSSR count). The lowest BCUT2D eigenvalue weighted by Gasteiger charge is -2.06. The fourth-order valence-electron chi connectivity index (χ4n) is 1.86. The zero-order chi connectivity index (χ0) is 12.3. The predicted molar refractivity (Wildman–Crippen MR) is 73.8 cm³/mol. The second-order valence-electron chi connectivity index (χ2n) is 3.85. The molecule has 3 nitrogen and oxygen atoms in total. The number of halogens is 1. The van der Waals surface area contributed by atoms with Crippen molar-refractivity contribution in [2.45, 2.75) is 20.0 Å². The van der Waals surface area contributed by atoms with Gasteiger partial charge in [0.1, 0.15) is 0 Å². The summed E-state index contributed by atoms with van der Waals surface area (Å²) in [4.78, 5) is 0. The molecule has 4 heteroatoms. The van der Waals surface area contributed by atoms with Crippen LogP contribution in [0.1, 0.15) is 12.6 Å². The van der Waals surface area contributed by atoms with Crippen molar-refractivity contribution in [3.63, 3.8) is 0 Å². The third-order valence-electron chi connectivity index (χ3n) is 2.64. The van der Waals surface area contributed by atoms with Crippen molar-refractivity contribution >= 4 is 15.9 Å². The Bertz CT molecular complexity index is 505. The van der Waals surface area contributed by atoms with Gasteiger partial charge in [-0.05, 0) is 26.1 Å². The van der Waals surface area contributed by atoms with E-state index in [1.54, 1.807) is 0 Å². The van der Waals surface area contributed by atoms with E-state index < -0.39 is 0 Å². The topological polar surface area (TPSA) is 29.9 Å². The number of aromatic nitrogens is 2. The lowest BCUT2D eigenvalue weighted by atomic mass is 10.1. The Kier molecular flexibility index (Phi) is 3.97. The van der Waals surface area contributed by atoms with Gasteiger partial charge in [0.05, 0.1) is 11.4 Å². The van der Waals surface area contributed by atoms with Crippen LogP contribution in [0.3, 0.4) is 0 Å². The molecule has 0 saturated heterocycles. The van der Waals surface area contributed by atoms with Gasteiger partial charge in [-0.25, -0.2) is 0 Å². The molecule has 0 radical (unpaired) electrons. The summed E-state index contributed by atoms with van der Waals surface area (Å²) >= 11 is 3.59. The van der Waals surface area contributed by atoms with Crippen LogP contribution in [0.2, 0.25) is 0 Å². The standard InChI is InChI=1S/C13H16BrN3/c1-3-17-13(8-10(16-17)9-15-2)11-6-4-5-7-12(11)14/h4-8,15H,3,9H2,1-2H3. The van der Waals surface area contributed by atoms with Crippen molar-refractivity contribution in [3.05, 3.63) is 40.5 Å². The molecule has 0 amide bonds. The second-order valence-corrected chi connectivity index (χ2v) is 4.70. The van der Waals surface area contributed by atoms with Gasteiger partial charge in [-0.1, -0.05) is 34.1 Å². The quantitative estimate of drug-likeness (QED) is 0.939.